The molecular weight excluding hydrogens is 188 g/mol. The Bertz CT molecular complexity index is 167. The van der Waals surface area contributed by atoms with Gasteiger partial charge in [-0.05, 0) is 19.4 Å². The Morgan fingerprint density at radius 3 is 2.07 bits per heavy atom. The van der Waals surface area contributed by atoms with E-state index in [1.54, 1.807) is 0 Å². The fourth-order valence-corrected chi connectivity index (χ4v) is 0.632. The molecule has 0 fully saturated rings. The molecule has 0 aliphatic rings. The average Bonchev–Trinajstić information content (AvgIpc) is 2.18. The second-order valence-electron chi connectivity index (χ2n) is 2.50. The first-order chi connectivity index (χ1) is 6.59. The largest absolute Gasteiger partial charge is 0.480 e. The van der Waals surface area contributed by atoms with E-state index in [1.165, 1.54) is 0 Å². The second kappa shape index (κ2) is 11.7. The molecular formula is C8H16N2O4. The lowest BCUT2D eigenvalue weighted by atomic mass is 10.1. The van der Waals surface area contributed by atoms with Crippen molar-refractivity contribution in [2.75, 3.05) is 6.54 Å². The van der Waals surface area contributed by atoms with E-state index in [1.807, 2.05) is 0 Å². The molecule has 0 bridgehead atoms. The van der Waals surface area contributed by atoms with Gasteiger partial charge in [-0.15, -0.1) is 0 Å². The van der Waals surface area contributed by atoms with Gasteiger partial charge in [-0.2, -0.15) is 0 Å². The highest BCUT2D eigenvalue weighted by molar-refractivity contribution is 6.09. The highest BCUT2D eigenvalue weighted by Gasteiger charge is 2.09. The van der Waals surface area contributed by atoms with Crippen LogP contribution in [0.5, 0.6) is 0 Å². The fraction of sp³-hybridized carbons (Fsp3) is 0.625. The Morgan fingerprint density at radius 2 is 1.79 bits per heavy atom. The van der Waals surface area contributed by atoms with Crippen LogP contribution < -0.4 is 11.5 Å². The number of carbonyl (C=O) groups excluding carboxylic acids is 2. The van der Waals surface area contributed by atoms with E-state index in [2.05, 4.69) is 0 Å². The minimum absolute atomic E-state index is 0.194. The number of carboxylic acid groups (broad SMARTS) is 1. The molecule has 0 aliphatic heterocycles. The summed E-state index contributed by atoms with van der Waals surface area (Å²) in [5.74, 6) is -0.933. The molecule has 0 radical (unpaired) electrons. The molecule has 0 spiro atoms. The van der Waals surface area contributed by atoms with E-state index < -0.39 is 12.0 Å². The van der Waals surface area contributed by atoms with Gasteiger partial charge in [0.2, 0.25) is 0 Å². The molecule has 82 valence electrons. The maximum atomic E-state index is 10.1. The van der Waals surface area contributed by atoms with Crippen LogP contribution >= 0.6 is 0 Å². The molecule has 6 nitrogen and oxygen atoms in total. The van der Waals surface area contributed by atoms with Crippen molar-refractivity contribution in [3.8, 4) is 0 Å². The van der Waals surface area contributed by atoms with Gasteiger partial charge in [-0.3, -0.25) is 14.4 Å². The smallest absolute Gasteiger partial charge is 0.320 e. The number of hydrogen-bond acceptors (Lipinski definition) is 5. The summed E-state index contributed by atoms with van der Waals surface area (Å²) in [7, 11) is 0. The van der Waals surface area contributed by atoms with Crippen molar-refractivity contribution in [1.82, 2.24) is 0 Å². The number of nitrogens with two attached hydrogens (primary N) is 2. The molecule has 0 aromatic rings. The molecule has 5 N–H and O–H groups in total. The lowest BCUT2D eigenvalue weighted by Gasteiger charge is -2.03. The second-order valence-corrected chi connectivity index (χ2v) is 2.50. The molecule has 14 heavy (non-hydrogen) atoms. The normalized spacial score (nSPS) is 10.7. The Hall–Kier alpha value is -1.27. The summed E-state index contributed by atoms with van der Waals surface area (Å²) < 4.78 is 0. The number of carboxylic acids is 1. The van der Waals surface area contributed by atoms with Gasteiger partial charge >= 0.3 is 5.97 Å². The highest BCUT2D eigenvalue weighted by atomic mass is 16.4. The van der Waals surface area contributed by atoms with Crippen molar-refractivity contribution >= 4 is 18.5 Å². The van der Waals surface area contributed by atoms with Crippen LogP contribution in [0, 0.1) is 0 Å². The van der Waals surface area contributed by atoms with E-state index in [-0.39, 0.29) is 12.6 Å². The van der Waals surface area contributed by atoms with E-state index in [9.17, 15) is 4.79 Å². The van der Waals surface area contributed by atoms with Gasteiger partial charge in [0.05, 0.1) is 0 Å². The summed E-state index contributed by atoms with van der Waals surface area (Å²) in [6, 6.07) is -0.716. The number of rotatable bonds is 6. The van der Waals surface area contributed by atoms with E-state index in [0.717, 1.165) is 12.8 Å². The van der Waals surface area contributed by atoms with Crippen LogP contribution in [0.25, 0.3) is 0 Å². The lowest BCUT2D eigenvalue weighted by molar-refractivity contribution is -0.138. The van der Waals surface area contributed by atoms with Gasteiger partial charge in [0.15, 0.2) is 12.6 Å². The predicted molar refractivity (Wildman–Crippen MR) is 50.6 cm³/mol. The lowest BCUT2D eigenvalue weighted by Crippen LogP contribution is -2.29. The van der Waals surface area contributed by atoms with Gasteiger partial charge in [0.1, 0.15) is 6.04 Å². The SMILES string of the molecule is NCCCCC(N)C(=O)O.O=CC=O. The molecule has 0 heterocycles. The molecule has 1 unspecified atom stereocenters. The molecule has 0 saturated carbocycles. The third kappa shape index (κ3) is 13.3. The van der Waals surface area contributed by atoms with Crippen molar-refractivity contribution in [3.05, 3.63) is 0 Å². The molecule has 0 saturated heterocycles. The quantitative estimate of drug-likeness (QED) is 0.287. The van der Waals surface area contributed by atoms with Crippen LogP contribution in [0.4, 0.5) is 0 Å². The zero-order valence-corrected chi connectivity index (χ0v) is 7.89. The van der Waals surface area contributed by atoms with Gasteiger partial charge in [-0.1, -0.05) is 6.42 Å². The number of aldehydes is 2. The van der Waals surface area contributed by atoms with Crippen molar-refractivity contribution in [2.45, 2.75) is 25.3 Å². The van der Waals surface area contributed by atoms with Crippen molar-refractivity contribution in [2.24, 2.45) is 11.5 Å². The Labute approximate surface area is 82.3 Å². The molecule has 6 heteroatoms. The van der Waals surface area contributed by atoms with E-state index >= 15 is 0 Å². The van der Waals surface area contributed by atoms with E-state index in [4.69, 9.17) is 26.2 Å². The predicted octanol–water partition coefficient (Wildman–Crippen LogP) is -1.09. The first-order valence-corrected chi connectivity index (χ1v) is 4.17. The standard InChI is InChI=1S/C6H14N2O2.C2H2O2/c7-4-2-1-3-5(8)6(9)10;3-1-2-4/h5H,1-4,7-8H2,(H,9,10);1-2H. The summed E-state index contributed by atoms with van der Waals surface area (Å²) in [6.07, 6.45) is 2.55. The zero-order valence-electron chi connectivity index (χ0n) is 7.89. The zero-order chi connectivity index (χ0) is 11.4. The third-order valence-corrected chi connectivity index (χ3v) is 1.34. The third-order valence-electron chi connectivity index (χ3n) is 1.34. The Morgan fingerprint density at radius 1 is 1.29 bits per heavy atom. The van der Waals surface area contributed by atoms with Crippen molar-refractivity contribution < 1.29 is 19.5 Å². The van der Waals surface area contributed by atoms with Crippen molar-refractivity contribution in [3.63, 3.8) is 0 Å². The van der Waals surface area contributed by atoms with Crippen LogP contribution in [0.15, 0.2) is 0 Å². The number of hydrogen-bond donors (Lipinski definition) is 3. The minimum Gasteiger partial charge on any atom is -0.480 e. The first kappa shape index (κ1) is 15.2. The molecule has 0 amide bonds. The monoisotopic (exact) mass is 204 g/mol. The Kier molecular flexibility index (Phi) is 12.7. The molecule has 1 atom stereocenters. The van der Waals surface area contributed by atoms with Crippen LogP contribution in [0.1, 0.15) is 19.3 Å². The van der Waals surface area contributed by atoms with Crippen LogP contribution in [0.3, 0.4) is 0 Å². The Balaban J connectivity index is 0. The van der Waals surface area contributed by atoms with Crippen LogP contribution in [-0.2, 0) is 14.4 Å². The van der Waals surface area contributed by atoms with Crippen LogP contribution in [-0.4, -0.2) is 36.2 Å². The maximum absolute atomic E-state index is 10.1. The number of unbranched alkanes of at least 4 members (excludes halogenated alkanes) is 1. The number of aliphatic carboxylic acids is 1. The molecule has 0 aromatic carbocycles. The first-order valence-electron chi connectivity index (χ1n) is 4.17. The van der Waals surface area contributed by atoms with Gasteiger partial charge in [0, 0.05) is 0 Å². The van der Waals surface area contributed by atoms with Gasteiger partial charge < -0.3 is 16.6 Å². The maximum Gasteiger partial charge on any atom is 0.320 e. The average molecular weight is 204 g/mol. The summed E-state index contributed by atoms with van der Waals surface area (Å²) >= 11 is 0. The fourth-order valence-electron chi connectivity index (χ4n) is 0.632. The minimum atomic E-state index is -0.933. The topological polar surface area (TPSA) is 123 Å². The molecule has 0 aliphatic carbocycles. The summed E-state index contributed by atoms with van der Waals surface area (Å²) in [4.78, 5) is 27.7. The number of carbonyl (C=O) groups is 3. The van der Waals surface area contributed by atoms with Crippen molar-refractivity contribution in [1.29, 1.82) is 0 Å². The van der Waals surface area contributed by atoms with Gasteiger partial charge in [0.25, 0.3) is 0 Å². The molecule has 0 aromatic heterocycles. The van der Waals surface area contributed by atoms with Crippen LogP contribution in [0.2, 0.25) is 0 Å². The summed E-state index contributed by atoms with van der Waals surface area (Å²) in [5.41, 5.74) is 10.4. The summed E-state index contributed by atoms with van der Waals surface area (Å²) in [5, 5.41) is 8.33. The molecule has 0 rings (SSSR count). The summed E-state index contributed by atoms with van der Waals surface area (Å²) in [6.45, 7) is 0.604. The van der Waals surface area contributed by atoms with Gasteiger partial charge in [-0.25, -0.2) is 0 Å². The van der Waals surface area contributed by atoms with E-state index in [0.29, 0.717) is 13.0 Å². The highest BCUT2D eigenvalue weighted by Crippen LogP contribution is 1.96.